The number of halogens is 2. The van der Waals surface area contributed by atoms with Crippen molar-refractivity contribution in [3.63, 3.8) is 0 Å². The summed E-state index contributed by atoms with van der Waals surface area (Å²) in [5.41, 5.74) is 0.552. The van der Waals surface area contributed by atoms with Crippen molar-refractivity contribution < 1.29 is 8.78 Å². The minimum atomic E-state index is -0.535. The third kappa shape index (κ3) is 3.43. The summed E-state index contributed by atoms with van der Waals surface area (Å²) in [6.45, 7) is 0. The molecule has 1 saturated carbocycles. The highest BCUT2D eigenvalue weighted by Crippen LogP contribution is 2.43. The Labute approximate surface area is 137 Å². The molecule has 7 heteroatoms. The van der Waals surface area contributed by atoms with Crippen LogP contribution >= 0.6 is 12.2 Å². The van der Waals surface area contributed by atoms with Crippen molar-refractivity contribution >= 4 is 23.1 Å². The van der Waals surface area contributed by atoms with E-state index < -0.39 is 11.6 Å². The highest BCUT2D eigenvalue weighted by molar-refractivity contribution is 7.80. The van der Waals surface area contributed by atoms with Crippen LogP contribution in [0.5, 0.6) is 0 Å². The molecule has 2 aromatic rings. The molecule has 1 aliphatic rings. The second-order valence-electron chi connectivity index (χ2n) is 5.23. The van der Waals surface area contributed by atoms with E-state index in [1.807, 2.05) is 6.07 Å². The maximum atomic E-state index is 13.7. The van der Waals surface area contributed by atoms with Gasteiger partial charge >= 0.3 is 0 Å². The molecule has 1 fully saturated rings. The first-order valence-corrected chi connectivity index (χ1v) is 7.37. The van der Waals surface area contributed by atoms with Gasteiger partial charge in [0.15, 0.2) is 5.11 Å². The highest BCUT2D eigenvalue weighted by Gasteiger charge is 2.42. The minimum absolute atomic E-state index is 0.101. The van der Waals surface area contributed by atoms with Gasteiger partial charge in [0.25, 0.3) is 0 Å². The SMILES string of the molecule is N#Cc1ccc(NC(=S)NC2CC2c2c(F)cccc2F)nc1. The summed E-state index contributed by atoms with van der Waals surface area (Å²) in [5.74, 6) is -0.806. The van der Waals surface area contributed by atoms with Crippen molar-refractivity contribution in [1.82, 2.24) is 10.3 Å². The molecule has 0 bridgehead atoms. The molecule has 0 amide bonds. The third-order valence-corrected chi connectivity index (χ3v) is 3.83. The number of nitrogens with one attached hydrogen (secondary N) is 2. The second kappa shape index (κ2) is 6.26. The van der Waals surface area contributed by atoms with Crippen LogP contribution in [0.3, 0.4) is 0 Å². The van der Waals surface area contributed by atoms with E-state index in [4.69, 9.17) is 17.5 Å². The molecule has 1 aliphatic carbocycles. The van der Waals surface area contributed by atoms with Crippen LogP contribution in [0, 0.1) is 23.0 Å². The molecular weight excluding hydrogens is 318 g/mol. The van der Waals surface area contributed by atoms with E-state index >= 15 is 0 Å². The lowest BCUT2D eigenvalue weighted by Gasteiger charge is -2.10. The first kappa shape index (κ1) is 15.3. The fourth-order valence-electron chi connectivity index (χ4n) is 2.39. The lowest BCUT2D eigenvalue weighted by atomic mass is 10.1. The maximum absolute atomic E-state index is 13.7. The Morgan fingerprint density at radius 3 is 2.61 bits per heavy atom. The van der Waals surface area contributed by atoms with E-state index in [0.717, 1.165) is 0 Å². The average Bonchev–Trinajstić information content (AvgIpc) is 3.26. The molecular formula is C16H12F2N4S. The van der Waals surface area contributed by atoms with Gasteiger partial charge in [-0.1, -0.05) is 6.07 Å². The number of pyridine rings is 1. The molecule has 4 nitrogen and oxygen atoms in total. The molecule has 2 unspecified atom stereocenters. The number of nitrogens with zero attached hydrogens (tertiary/aromatic N) is 2. The second-order valence-corrected chi connectivity index (χ2v) is 5.63. The highest BCUT2D eigenvalue weighted by atomic mass is 32.1. The van der Waals surface area contributed by atoms with Crippen LogP contribution in [0.15, 0.2) is 36.5 Å². The summed E-state index contributed by atoms with van der Waals surface area (Å²) >= 11 is 5.17. The summed E-state index contributed by atoms with van der Waals surface area (Å²) in [6, 6.07) is 8.97. The smallest absolute Gasteiger partial charge is 0.172 e. The van der Waals surface area contributed by atoms with Crippen LogP contribution in [-0.4, -0.2) is 16.1 Å². The number of hydrogen-bond acceptors (Lipinski definition) is 3. The molecule has 0 aliphatic heterocycles. The van der Waals surface area contributed by atoms with Gasteiger partial charge in [0, 0.05) is 23.7 Å². The molecule has 3 rings (SSSR count). The van der Waals surface area contributed by atoms with E-state index in [-0.39, 0.29) is 17.5 Å². The molecule has 2 N–H and O–H groups in total. The Morgan fingerprint density at radius 2 is 2.00 bits per heavy atom. The predicted octanol–water partition coefficient (Wildman–Crippen LogP) is 3.07. The van der Waals surface area contributed by atoms with E-state index in [9.17, 15) is 8.78 Å². The number of aromatic nitrogens is 1. The molecule has 1 heterocycles. The molecule has 0 spiro atoms. The van der Waals surface area contributed by atoms with Crippen LogP contribution in [0.4, 0.5) is 14.6 Å². The van der Waals surface area contributed by atoms with Crippen molar-refractivity contribution in [3.05, 3.63) is 59.3 Å². The summed E-state index contributed by atoms with van der Waals surface area (Å²) in [7, 11) is 0. The number of hydrogen-bond donors (Lipinski definition) is 2. The van der Waals surface area contributed by atoms with E-state index in [0.29, 0.717) is 22.9 Å². The fourth-order valence-corrected chi connectivity index (χ4v) is 2.65. The monoisotopic (exact) mass is 330 g/mol. The third-order valence-electron chi connectivity index (χ3n) is 3.61. The summed E-state index contributed by atoms with van der Waals surface area (Å²) in [4.78, 5) is 4.04. The number of thiocarbonyl (C=S) groups is 1. The standard InChI is InChI=1S/C16H12F2N4S/c17-11-2-1-3-12(18)15(11)10-6-13(10)21-16(23)22-14-5-4-9(7-19)8-20-14/h1-5,8,10,13H,6H2,(H2,20,21,22,23). The zero-order valence-electron chi connectivity index (χ0n) is 11.9. The van der Waals surface area contributed by atoms with Crippen molar-refractivity contribution in [2.24, 2.45) is 0 Å². The van der Waals surface area contributed by atoms with Crippen molar-refractivity contribution in [1.29, 1.82) is 5.26 Å². The summed E-state index contributed by atoms with van der Waals surface area (Å²) in [5, 5.41) is 14.9. The first-order valence-electron chi connectivity index (χ1n) is 6.96. The maximum Gasteiger partial charge on any atom is 0.172 e. The van der Waals surface area contributed by atoms with Gasteiger partial charge in [-0.3, -0.25) is 0 Å². The average molecular weight is 330 g/mol. The lowest BCUT2D eigenvalue weighted by molar-refractivity contribution is 0.554. The molecule has 2 atom stereocenters. The van der Waals surface area contributed by atoms with Gasteiger partial charge < -0.3 is 10.6 Å². The lowest BCUT2D eigenvalue weighted by Crippen LogP contribution is -2.31. The number of benzene rings is 1. The van der Waals surface area contributed by atoms with Gasteiger partial charge in [-0.2, -0.15) is 5.26 Å². The van der Waals surface area contributed by atoms with Crippen molar-refractivity contribution in [2.75, 3.05) is 5.32 Å². The predicted molar refractivity (Wildman–Crippen MR) is 85.8 cm³/mol. The number of rotatable bonds is 3. The van der Waals surface area contributed by atoms with Gasteiger partial charge in [-0.15, -0.1) is 0 Å². The van der Waals surface area contributed by atoms with E-state index in [2.05, 4.69) is 15.6 Å². The van der Waals surface area contributed by atoms with E-state index in [1.165, 1.54) is 24.4 Å². The normalized spacial score (nSPS) is 18.8. The summed E-state index contributed by atoms with van der Waals surface area (Å²) in [6.07, 6.45) is 2.04. The number of anilines is 1. The molecule has 0 saturated heterocycles. The van der Waals surface area contributed by atoms with Crippen molar-refractivity contribution in [3.8, 4) is 6.07 Å². The zero-order chi connectivity index (χ0) is 16.4. The summed E-state index contributed by atoms with van der Waals surface area (Å²) < 4.78 is 27.4. The molecule has 23 heavy (non-hydrogen) atoms. The van der Waals surface area contributed by atoms with Gasteiger partial charge in [0.2, 0.25) is 0 Å². The fraction of sp³-hybridized carbons (Fsp3) is 0.188. The zero-order valence-corrected chi connectivity index (χ0v) is 12.7. The van der Waals surface area contributed by atoms with Crippen LogP contribution < -0.4 is 10.6 Å². The van der Waals surface area contributed by atoms with Crippen LogP contribution in [0.25, 0.3) is 0 Å². The first-order chi connectivity index (χ1) is 11.1. The molecule has 0 radical (unpaired) electrons. The Bertz CT molecular complexity index is 765. The van der Waals surface area contributed by atoms with Gasteiger partial charge in [0.05, 0.1) is 5.56 Å². The minimum Gasteiger partial charge on any atom is -0.359 e. The molecule has 116 valence electrons. The molecule has 1 aromatic carbocycles. The Hall–Kier alpha value is -2.59. The Balaban J connectivity index is 1.59. The van der Waals surface area contributed by atoms with Crippen LogP contribution in [0.2, 0.25) is 0 Å². The van der Waals surface area contributed by atoms with Crippen LogP contribution in [-0.2, 0) is 0 Å². The Morgan fingerprint density at radius 1 is 1.26 bits per heavy atom. The molecule has 1 aromatic heterocycles. The van der Waals surface area contributed by atoms with Gasteiger partial charge in [-0.25, -0.2) is 13.8 Å². The Kier molecular flexibility index (Phi) is 4.17. The quantitative estimate of drug-likeness (QED) is 0.847. The van der Waals surface area contributed by atoms with E-state index in [1.54, 1.807) is 12.1 Å². The van der Waals surface area contributed by atoms with Crippen LogP contribution in [0.1, 0.15) is 23.5 Å². The van der Waals surface area contributed by atoms with Gasteiger partial charge in [0.1, 0.15) is 23.5 Å². The largest absolute Gasteiger partial charge is 0.359 e. The number of nitriles is 1. The van der Waals surface area contributed by atoms with Gasteiger partial charge in [-0.05, 0) is 42.9 Å². The topological polar surface area (TPSA) is 60.7 Å². The van der Waals surface area contributed by atoms with Crippen molar-refractivity contribution in [2.45, 2.75) is 18.4 Å².